The highest BCUT2D eigenvalue weighted by Gasteiger charge is 2.10. The number of pyridine rings is 1. The van der Waals surface area contributed by atoms with E-state index in [-0.39, 0.29) is 5.02 Å². The van der Waals surface area contributed by atoms with E-state index in [9.17, 15) is 4.79 Å². The quantitative estimate of drug-likeness (QED) is 0.562. The van der Waals surface area contributed by atoms with E-state index in [1.54, 1.807) is 56.0 Å². The van der Waals surface area contributed by atoms with Gasteiger partial charge in [-0.15, -0.1) is 0 Å². The highest BCUT2D eigenvalue weighted by Crippen LogP contribution is 2.18. The molecule has 0 unspecified atom stereocenters. The molecule has 0 fully saturated rings. The molecular formula is C17H14ClN5O2. The molecule has 0 saturated carbocycles. The van der Waals surface area contributed by atoms with Crippen LogP contribution >= 0.6 is 11.6 Å². The number of methoxy groups -OCH3 is 1. The van der Waals surface area contributed by atoms with E-state index in [0.29, 0.717) is 17.1 Å². The molecule has 3 rings (SSSR count). The third kappa shape index (κ3) is 3.84. The Bertz CT molecular complexity index is 940. The minimum Gasteiger partial charge on any atom is -0.497 e. The van der Waals surface area contributed by atoms with Crippen LogP contribution in [-0.2, 0) is 0 Å². The lowest BCUT2D eigenvalue weighted by Gasteiger charge is -2.08. The summed E-state index contributed by atoms with van der Waals surface area (Å²) in [5.74, 6) is 0.686. The average Bonchev–Trinajstić information content (AvgIpc) is 2.66. The van der Waals surface area contributed by atoms with Crippen LogP contribution < -0.4 is 15.7 Å². The molecule has 0 spiro atoms. The second kappa shape index (κ2) is 7.59. The number of anilines is 1. The van der Waals surface area contributed by atoms with Gasteiger partial charge in [-0.05, 0) is 30.3 Å². The molecule has 1 N–H and O–H groups in total. The number of nitrogens with one attached hydrogen (secondary N) is 1. The molecule has 8 heteroatoms. The van der Waals surface area contributed by atoms with Crippen molar-refractivity contribution >= 4 is 23.5 Å². The van der Waals surface area contributed by atoms with Gasteiger partial charge in [-0.3, -0.25) is 15.2 Å². The zero-order valence-corrected chi connectivity index (χ0v) is 14.0. The van der Waals surface area contributed by atoms with Gasteiger partial charge in [0, 0.05) is 18.0 Å². The van der Waals surface area contributed by atoms with Gasteiger partial charge < -0.3 is 4.74 Å². The normalized spacial score (nSPS) is 10.8. The van der Waals surface area contributed by atoms with Crippen molar-refractivity contribution in [3.8, 4) is 11.4 Å². The predicted octanol–water partition coefficient (Wildman–Crippen LogP) is 2.74. The molecule has 1 aromatic carbocycles. The van der Waals surface area contributed by atoms with Crippen molar-refractivity contribution in [1.82, 2.24) is 14.8 Å². The summed E-state index contributed by atoms with van der Waals surface area (Å²) in [5.41, 5.74) is 3.97. The molecule has 2 aromatic heterocycles. The number of hydrazone groups is 1. The van der Waals surface area contributed by atoms with Gasteiger partial charge in [0.1, 0.15) is 16.5 Å². The van der Waals surface area contributed by atoms with Crippen LogP contribution in [0.1, 0.15) is 5.56 Å². The first-order valence-corrected chi connectivity index (χ1v) is 7.68. The van der Waals surface area contributed by atoms with E-state index >= 15 is 0 Å². The van der Waals surface area contributed by atoms with Gasteiger partial charge in [0.15, 0.2) is 0 Å². The Morgan fingerprint density at radius 3 is 2.72 bits per heavy atom. The second-order valence-electron chi connectivity index (χ2n) is 4.94. The van der Waals surface area contributed by atoms with Crippen molar-refractivity contribution in [2.45, 2.75) is 0 Å². The standard InChI is InChI=1S/C17H14ClN5O2/c1-25-14-6-4-13(5-7-14)23-17(24)16(18)15(11-21-23)22-20-10-12-3-2-8-19-9-12/h2-11,22H,1H3/b20-10-. The molecule has 0 amide bonds. The number of benzene rings is 1. The Labute approximate surface area is 148 Å². The number of rotatable bonds is 5. The monoisotopic (exact) mass is 355 g/mol. The SMILES string of the molecule is COc1ccc(-n2ncc(N/N=C\c3cccnc3)c(Cl)c2=O)cc1. The van der Waals surface area contributed by atoms with Gasteiger partial charge in [0.25, 0.3) is 5.56 Å². The number of hydrogen-bond donors (Lipinski definition) is 1. The van der Waals surface area contributed by atoms with E-state index in [4.69, 9.17) is 16.3 Å². The number of ether oxygens (including phenoxy) is 1. The fraction of sp³-hybridized carbons (Fsp3) is 0.0588. The molecule has 2 heterocycles. The summed E-state index contributed by atoms with van der Waals surface area (Å²) in [6.45, 7) is 0. The smallest absolute Gasteiger partial charge is 0.292 e. The molecule has 0 aliphatic heterocycles. The molecule has 0 saturated heterocycles. The van der Waals surface area contributed by atoms with Gasteiger partial charge >= 0.3 is 0 Å². The van der Waals surface area contributed by atoms with E-state index in [2.05, 4.69) is 20.6 Å². The molecule has 0 atom stereocenters. The van der Waals surface area contributed by atoms with Crippen molar-refractivity contribution in [2.24, 2.45) is 5.10 Å². The highest BCUT2D eigenvalue weighted by atomic mass is 35.5. The van der Waals surface area contributed by atoms with Gasteiger partial charge in [-0.2, -0.15) is 14.9 Å². The third-order valence-corrected chi connectivity index (χ3v) is 3.68. The summed E-state index contributed by atoms with van der Waals surface area (Å²) in [7, 11) is 1.57. The predicted molar refractivity (Wildman–Crippen MR) is 96.8 cm³/mol. The lowest BCUT2D eigenvalue weighted by Crippen LogP contribution is -2.22. The third-order valence-electron chi connectivity index (χ3n) is 3.32. The van der Waals surface area contributed by atoms with Crippen molar-refractivity contribution in [3.05, 3.63) is 75.9 Å². The molecule has 25 heavy (non-hydrogen) atoms. The molecule has 0 radical (unpaired) electrons. The molecular weight excluding hydrogens is 342 g/mol. The number of halogens is 1. The van der Waals surface area contributed by atoms with E-state index in [0.717, 1.165) is 5.56 Å². The Balaban J connectivity index is 1.82. The van der Waals surface area contributed by atoms with Crippen LogP contribution in [0.3, 0.4) is 0 Å². The lowest BCUT2D eigenvalue weighted by molar-refractivity contribution is 0.414. The fourth-order valence-corrected chi connectivity index (χ4v) is 2.22. The summed E-state index contributed by atoms with van der Waals surface area (Å²) in [6, 6.07) is 10.6. The molecule has 0 aliphatic carbocycles. The van der Waals surface area contributed by atoms with Gasteiger partial charge in [0.2, 0.25) is 0 Å². The Morgan fingerprint density at radius 2 is 2.04 bits per heavy atom. The Hall–Kier alpha value is -3.19. The van der Waals surface area contributed by atoms with Crippen LogP contribution in [0.15, 0.2) is 64.9 Å². The lowest BCUT2D eigenvalue weighted by atomic mass is 10.3. The van der Waals surface area contributed by atoms with Crippen molar-refractivity contribution < 1.29 is 4.74 Å². The van der Waals surface area contributed by atoms with Crippen LogP contribution in [-0.4, -0.2) is 28.1 Å². The first kappa shape index (κ1) is 16.7. The summed E-state index contributed by atoms with van der Waals surface area (Å²) in [6.07, 6.45) is 6.34. The minimum absolute atomic E-state index is 0.00541. The molecule has 126 valence electrons. The maximum absolute atomic E-state index is 12.4. The van der Waals surface area contributed by atoms with Crippen LogP contribution in [0.25, 0.3) is 5.69 Å². The molecule has 0 aliphatic rings. The van der Waals surface area contributed by atoms with Crippen molar-refractivity contribution in [3.63, 3.8) is 0 Å². The number of nitrogens with zero attached hydrogens (tertiary/aromatic N) is 4. The van der Waals surface area contributed by atoms with Gasteiger partial charge in [0.05, 0.1) is 25.2 Å². The number of hydrogen-bond acceptors (Lipinski definition) is 6. The van der Waals surface area contributed by atoms with Crippen LogP contribution in [0.5, 0.6) is 5.75 Å². The summed E-state index contributed by atoms with van der Waals surface area (Å²) >= 11 is 6.14. The molecule has 3 aromatic rings. The summed E-state index contributed by atoms with van der Waals surface area (Å²) in [5, 5.41) is 8.15. The van der Waals surface area contributed by atoms with E-state index in [1.165, 1.54) is 10.9 Å². The first-order chi connectivity index (χ1) is 12.2. The fourth-order valence-electron chi connectivity index (χ4n) is 2.05. The first-order valence-electron chi connectivity index (χ1n) is 7.30. The number of aromatic nitrogens is 3. The zero-order chi connectivity index (χ0) is 17.6. The Morgan fingerprint density at radius 1 is 1.24 bits per heavy atom. The van der Waals surface area contributed by atoms with Gasteiger partial charge in [-0.1, -0.05) is 17.7 Å². The maximum atomic E-state index is 12.4. The van der Waals surface area contributed by atoms with E-state index < -0.39 is 5.56 Å². The van der Waals surface area contributed by atoms with Crippen LogP contribution in [0, 0.1) is 0 Å². The van der Waals surface area contributed by atoms with Gasteiger partial charge in [-0.25, -0.2) is 0 Å². The summed E-state index contributed by atoms with van der Waals surface area (Å²) in [4.78, 5) is 16.4. The highest BCUT2D eigenvalue weighted by molar-refractivity contribution is 6.32. The van der Waals surface area contributed by atoms with Crippen LogP contribution in [0.2, 0.25) is 5.02 Å². The topological polar surface area (TPSA) is 81.4 Å². The molecule has 7 nitrogen and oxygen atoms in total. The maximum Gasteiger partial charge on any atom is 0.292 e. The van der Waals surface area contributed by atoms with Crippen molar-refractivity contribution in [2.75, 3.05) is 12.5 Å². The molecule has 0 bridgehead atoms. The largest absolute Gasteiger partial charge is 0.497 e. The van der Waals surface area contributed by atoms with E-state index in [1.807, 2.05) is 6.07 Å². The Kier molecular flexibility index (Phi) is 5.06. The van der Waals surface area contributed by atoms with Crippen LogP contribution in [0.4, 0.5) is 5.69 Å². The average molecular weight is 356 g/mol. The summed E-state index contributed by atoms with van der Waals surface area (Å²) < 4.78 is 6.30. The minimum atomic E-state index is -0.451. The zero-order valence-electron chi connectivity index (χ0n) is 13.3. The van der Waals surface area contributed by atoms with Crippen molar-refractivity contribution in [1.29, 1.82) is 0 Å². The second-order valence-corrected chi connectivity index (χ2v) is 5.32.